The van der Waals surface area contributed by atoms with Crippen molar-refractivity contribution in [3.8, 4) is 0 Å². The van der Waals surface area contributed by atoms with E-state index in [1.807, 2.05) is 0 Å². The van der Waals surface area contributed by atoms with Crippen LogP contribution in [0.4, 0.5) is 0 Å². The molecule has 0 aromatic rings. The molecular formula is C7H13Br. The van der Waals surface area contributed by atoms with Crippen molar-refractivity contribution >= 4 is 15.9 Å². The lowest BCUT2D eigenvalue weighted by Crippen LogP contribution is -2.03. The molecule has 0 heterocycles. The van der Waals surface area contributed by atoms with Crippen LogP contribution in [0.1, 0.15) is 27.2 Å². The fourth-order valence-electron chi connectivity index (χ4n) is 1.16. The van der Waals surface area contributed by atoms with E-state index in [0.29, 0.717) is 10.8 Å². The smallest absolute Gasteiger partial charge is 0.00906 e. The van der Waals surface area contributed by atoms with Gasteiger partial charge in [-0.3, -0.25) is 0 Å². The summed E-state index contributed by atoms with van der Waals surface area (Å²) in [7, 11) is 0. The van der Waals surface area contributed by atoms with Gasteiger partial charge >= 0.3 is 0 Å². The van der Waals surface area contributed by atoms with Gasteiger partial charge in [-0.2, -0.15) is 0 Å². The molecule has 0 aromatic heterocycles. The summed E-state index contributed by atoms with van der Waals surface area (Å²) in [5, 5.41) is 1.16. The number of hydrogen-bond donors (Lipinski definition) is 0. The Hall–Kier alpha value is 0.480. The van der Waals surface area contributed by atoms with Gasteiger partial charge in [0.05, 0.1) is 0 Å². The zero-order valence-corrected chi connectivity index (χ0v) is 7.38. The monoisotopic (exact) mass is 176 g/mol. The van der Waals surface area contributed by atoms with Crippen molar-refractivity contribution in [2.75, 3.05) is 5.33 Å². The molecule has 1 heteroatoms. The summed E-state index contributed by atoms with van der Waals surface area (Å²) in [6.07, 6.45) is 1.38. The van der Waals surface area contributed by atoms with E-state index in [9.17, 15) is 0 Å². The molecule has 0 N–H and O–H groups in total. The summed E-state index contributed by atoms with van der Waals surface area (Å²) in [5.74, 6) is 0. The molecule has 0 bridgehead atoms. The minimum atomic E-state index is 0.604. The molecule has 1 saturated carbocycles. The van der Waals surface area contributed by atoms with Crippen LogP contribution in [0.2, 0.25) is 0 Å². The normalized spacial score (nSPS) is 42.0. The van der Waals surface area contributed by atoms with Crippen LogP contribution < -0.4 is 0 Å². The number of alkyl halides is 1. The van der Waals surface area contributed by atoms with Crippen LogP contribution in [0.15, 0.2) is 0 Å². The van der Waals surface area contributed by atoms with Crippen LogP contribution in [-0.4, -0.2) is 5.33 Å². The molecule has 0 nitrogen and oxygen atoms in total. The van der Waals surface area contributed by atoms with Gasteiger partial charge < -0.3 is 0 Å². The van der Waals surface area contributed by atoms with E-state index >= 15 is 0 Å². The van der Waals surface area contributed by atoms with Crippen molar-refractivity contribution < 1.29 is 0 Å². The predicted octanol–water partition coefficient (Wildman–Crippen LogP) is 2.82. The first-order valence-corrected chi connectivity index (χ1v) is 4.20. The number of hydrogen-bond acceptors (Lipinski definition) is 0. The number of halogens is 1. The first-order chi connectivity index (χ1) is 3.52. The molecule has 0 amide bonds. The van der Waals surface area contributed by atoms with E-state index < -0.39 is 0 Å². The lowest BCUT2D eigenvalue weighted by molar-refractivity contribution is 0.467. The molecular weight excluding hydrogens is 164 g/mol. The fourth-order valence-corrected chi connectivity index (χ4v) is 2.12. The Morgan fingerprint density at radius 2 is 1.75 bits per heavy atom. The van der Waals surface area contributed by atoms with Crippen molar-refractivity contribution in [3.05, 3.63) is 0 Å². The molecule has 1 atom stereocenters. The Balaban J connectivity index is 2.55. The van der Waals surface area contributed by atoms with Crippen LogP contribution in [0, 0.1) is 10.8 Å². The highest BCUT2D eigenvalue weighted by atomic mass is 79.9. The summed E-state index contributed by atoms with van der Waals surface area (Å²) in [6, 6.07) is 0. The van der Waals surface area contributed by atoms with Crippen LogP contribution in [0.5, 0.6) is 0 Å². The van der Waals surface area contributed by atoms with Crippen molar-refractivity contribution in [1.29, 1.82) is 0 Å². The topological polar surface area (TPSA) is 0 Å². The van der Waals surface area contributed by atoms with Gasteiger partial charge in [-0.1, -0.05) is 36.7 Å². The van der Waals surface area contributed by atoms with Crippen molar-refractivity contribution in [2.45, 2.75) is 27.2 Å². The standard InChI is InChI=1S/C7H13Br/c1-6(2)4-7(6,3)5-8/h4-5H2,1-3H3. The van der Waals surface area contributed by atoms with Crippen molar-refractivity contribution in [2.24, 2.45) is 10.8 Å². The Morgan fingerprint density at radius 3 is 1.75 bits per heavy atom. The van der Waals surface area contributed by atoms with Crippen molar-refractivity contribution in [3.63, 3.8) is 0 Å². The summed E-state index contributed by atoms with van der Waals surface area (Å²) < 4.78 is 0. The van der Waals surface area contributed by atoms with Crippen LogP contribution in [-0.2, 0) is 0 Å². The van der Waals surface area contributed by atoms with E-state index in [1.54, 1.807) is 0 Å². The quantitative estimate of drug-likeness (QED) is 0.540. The summed E-state index contributed by atoms with van der Waals surface area (Å²) in [4.78, 5) is 0. The van der Waals surface area contributed by atoms with Gasteiger partial charge in [0.1, 0.15) is 0 Å². The maximum Gasteiger partial charge on any atom is 0.00906 e. The Labute approximate surface area is 59.8 Å². The van der Waals surface area contributed by atoms with Crippen LogP contribution in [0.25, 0.3) is 0 Å². The second-order valence-corrected chi connectivity index (χ2v) is 4.32. The summed E-state index contributed by atoms with van der Waals surface area (Å²) >= 11 is 3.51. The molecule has 1 fully saturated rings. The van der Waals surface area contributed by atoms with Crippen molar-refractivity contribution in [1.82, 2.24) is 0 Å². The van der Waals surface area contributed by atoms with Gasteiger partial charge in [0.15, 0.2) is 0 Å². The largest absolute Gasteiger partial charge is 0.0922 e. The first-order valence-electron chi connectivity index (χ1n) is 3.08. The maximum atomic E-state index is 3.51. The summed E-state index contributed by atoms with van der Waals surface area (Å²) in [6.45, 7) is 6.99. The van der Waals surface area contributed by atoms with Crippen LogP contribution >= 0.6 is 15.9 Å². The lowest BCUT2D eigenvalue weighted by Gasteiger charge is -2.08. The first kappa shape index (κ1) is 6.60. The van der Waals surface area contributed by atoms with E-state index in [0.717, 1.165) is 5.33 Å². The minimum absolute atomic E-state index is 0.604. The third-order valence-electron chi connectivity index (χ3n) is 2.64. The molecule has 1 rings (SSSR count). The van der Waals surface area contributed by atoms with Gasteiger partial charge in [0.2, 0.25) is 0 Å². The molecule has 0 aliphatic heterocycles. The lowest BCUT2D eigenvalue weighted by atomic mass is 10.0. The second-order valence-electron chi connectivity index (χ2n) is 3.75. The van der Waals surface area contributed by atoms with Gasteiger partial charge in [-0.25, -0.2) is 0 Å². The molecule has 0 spiro atoms. The zero-order chi connectivity index (χ0) is 6.41. The van der Waals surface area contributed by atoms with E-state index in [2.05, 4.69) is 36.7 Å². The van der Waals surface area contributed by atoms with Gasteiger partial charge in [0, 0.05) is 5.33 Å². The molecule has 1 unspecified atom stereocenters. The highest BCUT2D eigenvalue weighted by Crippen LogP contribution is 2.63. The molecule has 8 heavy (non-hydrogen) atoms. The highest BCUT2D eigenvalue weighted by Gasteiger charge is 2.56. The van der Waals surface area contributed by atoms with Crippen LogP contribution in [0.3, 0.4) is 0 Å². The Morgan fingerprint density at radius 1 is 1.38 bits per heavy atom. The molecule has 0 radical (unpaired) electrons. The SMILES string of the molecule is CC1(C)CC1(C)CBr. The fraction of sp³-hybridized carbons (Fsp3) is 1.00. The number of rotatable bonds is 1. The maximum absolute atomic E-state index is 3.51. The third kappa shape index (κ3) is 0.717. The van der Waals surface area contributed by atoms with Gasteiger partial charge in [0.25, 0.3) is 0 Å². The minimum Gasteiger partial charge on any atom is -0.0922 e. The third-order valence-corrected chi connectivity index (χ3v) is 3.87. The zero-order valence-electron chi connectivity index (χ0n) is 5.79. The molecule has 1 aliphatic carbocycles. The molecule has 1 aliphatic rings. The van der Waals surface area contributed by atoms with E-state index in [4.69, 9.17) is 0 Å². The molecule has 0 aromatic carbocycles. The molecule has 0 saturated heterocycles. The summed E-state index contributed by atoms with van der Waals surface area (Å²) in [5.41, 5.74) is 1.21. The average molecular weight is 177 g/mol. The van der Waals surface area contributed by atoms with E-state index in [-0.39, 0.29) is 0 Å². The second kappa shape index (κ2) is 1.50. The van der Waals surface area contributed by atoms with Gasteiger partial charge in [-0.15, -0.1) is 0 Å². The highest BCUT2D eigenvalue weighted by molar-refractivity contribution is 9.09. The Kier molecular flexibility index (Phi) is 1.24. The average Bonchev–Trinajstić information content (AvgIpc) is 2.10. The Bertz CT molecular complexity index is 107. The molecule has 48 valence electrons. The van der Waals surface area contributed by atoms with E-state index in [1.165, 1.54) is 6.42 Å². The predicted molar refractivity (Wildman–Crippen MR) is 40.3 cm³/mol. The van der Waals surface area contributed by atoms with Gasteiger partial charge in [-0.05, 0) is 17.3 Å².